The number of benzene rings is 2. The average Bonchev–Trinajstić information content (AvgIpc) is 2.54. The van der Waals surface area contributed by atoms with Gasteiger partial charge in [0.2, 0.25) is 0 Å². The molecular formula is C19H23N3OS. The molecule has 2 N–H and O–H groups in total. The van der Waals surface area contributed by atoms with E-state index in [2.05, 4.69) is 15.8 Å². The molecule has 0 atom stereocenters. The number of hydrogen-bond donors (Lipinski definition) is 2. The van der Waals surface area contributed by atoms with Gasteiger partial charge in [-0.25, -0.2) is 0 Å². The van der Waals surface area contributed by atoms with Crippen molar-refractivity contribution in [3.63, 3.8) is 0 Å². The first kappa shape index (κ1) is 17.9. The van der Waals surface area contributed by atoms with Crippen LogP contribution in [-0.2, 0) is 6.54 Å². The Hall–Kier alpha value is -2.40. The fourth-order valence-corrected chi connectivity index (χ4v) is 2.08. The Bertz CT molecular complexity index is 676. The summed E-state index contributed by atoms with van der Waals surface area (Å²) in [5.74, 6) is 0.840. The predicted molar refractivity (Wildman–Crippen MR) is 103 cm³/mol. The van der Waals surface area contributed by atoms with Crippen molar-refractivity contribution in [2.45, 2.75) is 32.9 Å². The minimum absolute atomic E-state index is 0.201. The molecule has 5 heteroatoms. The highest BCUT2D eigenvalue weighted by molar-refractivity contribution is 7.80. The molecule has 0 aliphatic rings. The van der Waals surface area contributed by atoms with Gasteiger partial charge in [0, 0.05) is 6.54 Å². The van der Waals surface area contributed by atoms with E-state index in [1.54, 1.807) is 6.21 Å². The summed E-state index contributed by atoms with van der Waals surface area (Å²) in [5.41, 5.74) is 4.75. The topological polar surface area (TPSA) is 45.6 Å². The van der Waals surface area contributed by atoms with Gasteiger partial charge in [-0.1, -0.05) is 30.3 Å². The summed E-state index contributed by atoms with van der Waals surface area (Å²) in [4.78, 5) is 0. The second-order valence-corrected chi connectivity index (χ2v) is 6.73. The Balaban J connectivity index is 1.77. The molecule has 2 aromatic carbocycles. The molecule has 0 amide bonds. The SMILES string of the molecule is CC(C)(C)Oc1ccc(/C=N\NC(=S)NCc2ccccc2)cc1. The fraction of sp³-hybridized carbons (Fsp3) is 0.263. The van der Waals surface area contributed by atoms with Crippen molar-refractivity contribution in [2.24, 2.45) is 5.10 Å². The minimum atomic E-state index is -0.201. The highest BCUT2D eigenvalue weighted by Gasteiger charge is 2.10. The zero-order valence-electron chi connectivity index (χ0n) is 14.2. The number of nitrogens with zero attached hydrogens (tertiary/aromatic N) is 1. The Labute approximate surface area is 148 Å². The summed E-state index contributed by atoms with van der Waals surface area (Å²) in [6.07, 6.45) is 1.72. The fourth-order valence-electron chi connectivity index (χ4n) is 1.96. The summed E-state index contributed by atoms with van der Waals surface area (Å²) >= 11 is 5.19. The van der Waals surface area contributed by atoms with E-state index in [4.69, 9.17) is 17.0 Å². The number of hydrazone groups is 1. The lowest BCUT2D eigenvalue weighted by molar-refractivity contribution is 0.131. The third-order valence-corrected chi connectivity index (χ3v) is 3.22. The highest BCUT2D eigenvalue weighted by atomic mass is 32.1. The standard InChI is InChI=1S/C19H23N3OS/c1-19(2,3)23-17-11-9-16(10-12-17)14-21-22-18(24)20-13-15-7-5-4-6-8-15/h4-12,14H,13H2,1-3H3,(H2,20,22,24)/b21-14-. The molecule has 0 heterocycles. The summed E-state index contributed by atoms with van der Waals surface area (Å²) in [5, 5.41) is 7.73. The lowest BCUT2D eigenvalue weighted by atomic mass is 10.2. The van der Waals surface area contributed by atoms with Crippen molar-refractivity contribution in [2.75, 3.05) is 0 Å². The lowest BCUT2D eigenvalue weighted by Crippen LogP contribution is -2.31. The zero-order chi connectivity index (χ0) is 17.4. The lowest BCUT2D eigenvalue weighted by Gasteiger charge is -2.21. The van der Waals surface area contributed by atoms with Crippen LogP contribution < -0.4 is 15.5 Å². The van der Waals surface area contributed by atoms with Crippen molar-refractivity contribution in [1.29, 1.82) is 0 Å². The first-order valence-electron chi connectivity index (χ1n) is 7.82. The molecule has 126 valence electrons. The van der Waals surface area contributed by atoms with Crippen LogP contribution in [-0.4, -0.2) is 16.9 Å². The molecule has 0 fully saturated rings. The van der Waals surface area contributed by atoms with E-state index in [-0.39, 0.29) is 5.60 Å². The van der Waals surface area contributed by atoms with E-state index in [0.29, 0.717) is 11.7 Å². The van der Waals surface area contributed by atoms with E-state index in [1.807, 2.05) is 75.4 Å². The number of thiocarbonyl (C=S) groups is 1. The quantitative estimate of drug-likeness (QED) is 0.492. The Kier molecular flexibility index (Phi) is 6.32. The van der Waals surface area contributed by atoms with Gasteiger partial charge < -0.3 is 10.1 Å². The van der Waals surface area contributed by atoms with Gasteiger partial charge in [0.25, 0.3) is 0 Å². The van der Waals surface area contributed by atoms with Gasteiger partial charge in [0.1, 0.15) is 11.4 Å². The predicted octanol–water partition coefficient (Wildman–Crippen LogP) is 3.86. The molecule has 0 saturated carbocycles. The van der Waals surface area contributed by atoms with E-state index in [1.165, 1.54) is 5.56 Å². The van der Waals surface area contributed by atoms with Crippen LogP contribution >= 0.6 is 12.2 Å². The molecule has 0 saturated heterocycles. The Morgan fingerprint density at radius 1 is 1.08 bits per heavy atom. The summed E-state index contributed by atoms with van der Waals surface area (Å²) in [6, 6.07) is 17.8. The Morgan fingerprint density at radius 2 is 1.75 bits per heavy atom. The number of rotatable bonds is 5. The van der Waals surface area contributed by atoms with E-state index < -0.39 is 0 Å². The molecule has 0 bridgehead atoms. The molecule has 0 aliphatic carbocycles. The second kappa shape index (κ2) is 8.45. The van der Waals surface area contributed by atoms with Gasteiger partial charge in [-0.2, -0.15) is 5.10 Å². The maximum atomic E-state index is 5.78. The third kappa shape index (κ3) is 6.79. The molecule has 24 heavy (non-hydrogen) atoms. The normalized spacial score (nSPS) is 11.3. The zero-order valence-corrected chi connectivity index (χ0v) is 15.1. The van der Waals surface area contributed by atoms with E-state index in [0.717, 1.165) is 11.3 Å². The van der Waals surface area contributed by atoms with Crippen LogP contribution in [0.3, 0.4) is 0 Å². The van der Waals surface area contributed by atoms with Crippen LogP contribution in [0.1, 0.15) is 31.9 Å². The minimum Gasteiger partial charge on any atom is -0.488 e. The molecule has 2 rings (SSSR count). The van der Waals surface area contributed by atoms with Crippen molar-refractivity contribution >= 4 is 23.5 Å². The second-order valence-electron chi connectivity index (χ2n) is 6.32. The molecule has 0 spiro atoms. The van der Waals surface area contributed by atoms with Crippen LogP contribution in [0.5, 0.6) is 5.75 Å². The molecule has 0 radical (unpaired) electrons. The van der Waals surface area contributed by atoms with Gasteiger partial charge in [-0.15, -0.1) is 0 Å². The maximum absolute atomic E-state index is 5.78. The van der Waals surface area contributed by atoms with Crippen molar-refractivity contribution in [1.82, 2.24) is 10.7 Å². The number of nitrogens with one attached hydrogen (secondary N) is 2. The maximum Gasteiger partial charge on any atom is 0.187 e. The van der Waals surface area contributed by atoms with Gasteiger partial charge >= 0.3 is 0 Å². The molecule has 0 unspecified atom stereocenters. The number of ether oxygens (including phenoxy) is 1. The summed E-state index contributed by atoms with van der Waals surface area (Å²) in [6.45, 7) is 6.74. The van der Waals surface area contributed by atoms with Gasteiger partial charge in [-0.3, -0.25) is 5.43 Å². The molecule has 2 aromatic rings. The van der Waals surface area contributed by atoms with Crippen LogP contribution in [0, 0.1) is 0 Å². The summed E-state index contributed by atoms with van der Waals surface area (Å²) in [7, 11) is 0. The average molecular weight is 341 g/mol. The number of hydrogen-bond acceptors (Lipinski definition) is 3. The highest BCUT2D eigenvalue weighted by Crippen LogP contribution is 2.17. The molecular weight excluding hydrogens is 318 g/mol. The van der Waals surface area contributed by atoms with Crippen LogP contribution in [0.25, 0.3) is 0 Å². The smallest absolute Gasteiger partial charge is 0.187 e. The van der Waals surface area contributed by atoms with Gasteiger partial charge in [-0.05, 0) is 68.4 Å². The third-order valence-electron chi connectivity index (χ3n) is 2.98. The van der Waals surface area contributed by atoms with Gasteiger partial charge in [0.15, 0.2) is 5.11 Å². The van der Waals surface area contributed by atoms with Gasteiger partial charge in [0.05, 0.1) is 6.21 Å². The van der Waals surface area contributed by atoms with Crippen LogP contribution in [0.15, 0.2) is 59.7 Å². The molecule has 0 aromatic heterocycles. The first-order valence-corrected chi connectivity index (χ1v) is 8.23. The van der Waals surface area contributed by atoms with Crippen LogP contribution in [0.4, 0.5) is 0 Å². The van der Waals surface area contributed by atoms with Crippen molar-refractivity contribution in [3.8, 4) is 5.75 Å². The molecule has 4 nitrogen and oxygen atoms in total. The van der Waals surface area contributed by atoms with Crippen molar-refractivity contribution < 1.29 is 4.74 Å². The van der Waals surface area contributed by atoms with E-state index in [9.17, 15) is 0 Å². The largest absolute Gasteiger partial charge is 0.488 e. The Morgan fingerprint density at radius 3 is 2.38 bits per heavy atom. The van der Waals surface area contributed by atoms with Crippen LogP contribution in [0.2, 0.25) is 0 Å². The molecule has 0 aliphatic heterocycles. The van der Waals surface area contributed by atoms with E-state index >= 15 is 0 Å². The first-order chi connectivity index (χ1) is 11.4. The van der Waals surface area contributed by atoms with Crippen molar-refractivity contribution in [3.05, 3.63) is 65.7 Å². The summed E-state index contributed by atoms with van der Waals surface area (Å²) < 4.78 is 5.78. The monoisotopic (exact) mass is 341 g/mol.